The second-order valence-corrected chi connectivity index (χ2v) is 11.3. The first kappa shape index (κ1) is 26.0. The monoisotopic (exact) mass is 527 g/mol. The molecule has 0 spiro atoms. The first-order chi connectivity index (χ1) is 18.1. The number of aliphatic carboxylic acids is 1. The number of rotatable bonds is 5. The molecule has 5 rings (SSSR count). The maximum Gasteiger partial charge on any atom is 0.306 e. The molecule has 0 saturated heterocycles. The number of hydrogen-bond donors (Lipinski definition) is 1. The van der Waals surface area contributed by atoms with Crippen molar-refractivity contribution in [3.8, 4) is 11.1 Å². The number of carboxylic acid groups (broad SMARTS) is 1. The van der Waals surface area contributed by atoms with E-state index in [1.807, 2.05) is 75.4 Å². The molecule has 0 aliphatic carbocycles. The Balaban J connectivity index is 1.74. The van der Waals surface area contributed by atoms with Gasteiger partial charge >= 0.3 is 5.97 Å². The Morgan fingerprint density at radius 2 is 1.63 bits per heavy atom. The predicted molar refractivity (Wildman–Crippen MR) is 152 cm³/mol. The molecule has 38 heavy (non-hydrogen) atoms. The van der Waals surface area contributed by atoms with Crippen molar-refractivity contribution >= 4 is 39.9 Å². The summed E-state index contributed by atoms with van der Waals surface area (Å²) in [4.78, 5) is 27.3. The fourth-order valence-electron chi connectivity index (χ4n) is 5.17. The van der Waals surface area contributed by atoms with Crippen molar-refractivity contribution in [2.45, 2.75) is 39.4 Å². The highest BCUT2D eigenvalue weighted by Crippen LogP contribution is 2.43. The van der Waals surface area contributed by atoms with E-state index < -0.39 is 24.6 Å². The van der Waals surface area contributed by atoms with Crippen LogP contribution in [0, 0.1) is 5.41 Å². The van der Waals surface area contributed by atoms with Gasteiger partial charge in [0.25, 0.3) is 5.91 Å². The van der Waals surface area contributed by atoms with Crippen molar-refractivity contribution in [3.63, 3.8) is 0 Å². The van der Waals surface area contributed by atoms with Crippen LogP contribution in [0.1, 0.15) is 44.4 Å². The quantitative estimate of drug-likeness (QED) is 0.292. The molecule has 0 fully saturated rings. The molecule has 0 radical (unpaired) electrons. The molecule has 4 aromatic carbocycles. The van der Waals surface area contributed by atoms with Crippen LogP contribution >= 0.6 is 11.6 Å². The van der Waals surface area contributed by atoms with E-state index in [-0.39, 0.29) is 11.3 Å². The summed E-state index contributed by atoms with van der Waals surface area (Å²) in [5.41, 5.74) is 4.21. The molecule has 0 bridgehead atoms. The molecule has 4 aromatic rings. The number of carbonyl (C=O) groups excluding carboxylic acids is 1. The van der Waals surface area contributed by atoms with E-state index >= 15 is 0 Å². The van der Waals surface area contributed by atoms with Gasteiger partial charge in [-0.05, 0) is 51.1 Å². The van der Waals surface area contributed by atoms with E-state index in [9.17, 15) is 14.7 Å². The van der Waals surface area contributed by atoms with Crippen molar-refractivity contribution in [3.05, 3.63) is 101 Å². The molecule has 6 heteroatoms. The van der Waals surface area contributed by atoms with Gasteiger partial charge in [-0.2, -0.15) is 0 Å². The summed E-state index contributed by atoms with van der Waals surface area (Å²) in [6, 6.07) is 27.7. The summed E-state index contributed by atoms with van der Waals surface area (Å²) in [6.07, 6.45) is -2.28. The minimum Gasteiger partial charge on any atom is -0.481 e. The average molecular weight is 528 g/mol. The number of carbonyl (C=O) groups is 2. The highest BCUT2D eigenvalue weighted by molar-refractivity contribution is 6.30. The number of hydrogen-bond acceptors (Lipinski definition) is 3. The second-order valence-electron chi connectivity index (χ2n) is 10.9. The Morgan fingerprint density at radius 1 is 0.921 bits per heavy atom. The largest absolute Gasteiger partial charge is 0.481 e. The van der Waals surface area contributed by atoms with Gasteiger partial charge in [-0.15, -0.1) is 0 Å². The lowest BCUT2D eigenvalue weighted by atomic mass is 9.90. The molecule has 1 heterocycles. The molecule has 5 nitrogen and oxygen atoms in total. The maximum atomic E-state index is 13.8. The highest BCUT2D eigenvalue weighted by atomic mass is 35.5. The molecule has 1 N–H and O–H groups in total. The van der Waals surface area contributed by atoms with Crippen LogP contribution in [-0.4, -0.2) is 29.6 Å². The number of amides is 1. The third-order valence-electron chi connectivity index (χ3n) is 6.72. The molecule has 0 aromatic heterocycles. The lowest BCUT2D eigenvalue weighted by Gasteiger charge is -2.31. The average Bonchev–Trinajstić information content (AvgIpc) is 2.98. The number of halogens is 1. The van der Waals surface area contributed by atoms with Gasteiger partial charge in [-0.25, -0.2) is 0 Å². The number of carboxylic acids is 1. The van der Waals surface area contributed by atoms with Crippen molar-refractivity contribution in [1.29, 1.82) is 0 Å². The minimum absolute atomic E-state index is 0.232. The van der Waals surface area contributed by atoms with Gasteiger partial charge in [0.1, 0.15) is 12.2 Å². The maximum absolute atomic E-state index is 13.8. The zero-order valence-electron chi connectivity index (χ0n) is 21.6. The molecule has 1 amide bonds. The number of fused-ring (bicyclic) bond motifs is 2. The van der Waals surface area contributed by atoms with Crippen LogP contribution in [0.3, 0.4) is 0 Å². The van der Waals surface area contributed by atoms with E-state index in [0.717, 1.165) is 33.0 Å². The Hall–Kier alpha value is -3.67. The number of benzene rings is 4. The number of anilines is 1. The van der Waals surface area contributed by atoms with Crippen LogP contribution in [-0.2, 0) is 14.3 Å². The lowest BCUT2D eigenvalue weighted by molar-refractivity contribution is -0.147. The molecule has 194 valence electrons. The Kier molecular flexibility index (Phi) is 6.99. The van der Waals surface area contributed by atoms with E-state index in [1.165, 1.54) is 0 Å². The van der Waals surface area contributed by atoms with Crippen molar-refractivity contribution in [2.24, 2.45) is 5.41 Å². The standard InChI is InChI=1S/C32H30ClNO4/c1-32(2,3)19-34-27-16-15-21(33)17-26(27)30(38-28(31(34)37)18-29(35)36)25-14-8-12-23-22(11-7-13-24(23)25)20-9-5-4-6-10-20/h4-17,28,30H,18-19H2,1-3H3,(H,35,36)/t28-,30-/m0/s1. The third kappa shape index (κ3) is 5.17. The Labute approximate surface area is 227 Å². The third-order valence-corrected chi connectivity index (χ3v) is 6.96. The van der Waals surface area contributed by atoms with Crippen LogP contribution in [0.25, 0.3) is 21.9 Å². The zero-order valence-corrected chi connectivity index (χ0v) is 22.4. The molecular weight excluding hydrogens is 498 g/mol. The molecule has 1 aliphatic heterocycles. The summed E-state index contributed by atoms with van der Waals surface area (Å²) >= 11 is 6.49. The van der Waals surface area contributed by atoms with Gasteiger partial charge in [0.15, 0.2) is 0 Å². The fourth-order valence-corrected chi connectivity index (χ4v) is 5.35. The number of ether oxygens (including phenoxy) is 1. The van der Waals surface area contributed by atoms with Crippen LogP contribution in [0.15, 0.2) is 84.9 Å². The number of nitrogens with zero attached hydrogens (tertiary/aromatic N) is 1. The van der Waals surface area contributed by atoms with Gasteiger partial charge in [0, 0.05) is 22.8 Å². The molecule has 0 unspecified atom stereocenters. The molecule has 2 atom stereocenters. The lowest BCUT2D eigenvalue weighted by Crippen LogP contribution is -2.44. The van der Waals surface area contributed by atoms with Crippen molar-refractivity contribution in [1.82, 2.24) is 0 Å². The SMILES string of the molecule is CC(C)(C)CN1C(=O)[C@H](CC(=O)O)O[C@@H](c2cccc3c(-c4ccccc4)cccc23)c2cc(Cl)ccc21. The van der Waals surface area contributed by atoms with Crippen LogP contribution in [0.4, 0.5) is 5.69 Å². The molecule has 0 saturated carbocycles. The van der Waals surface area contributed by atoms with Crippen LogP contribution < -0.4 is 4.90 Å². The van der Waals surface area contributed by atoms with Crippen LogP contribution in [0.2, 0.25) is 5.02 Å². The summed E-state index contributed by atoms with van der Waals surface area (Å²) in [6.45, 7) is 6.53. The Morgan fingerprint density at radius 3 is 2.34 bits per heavy atom. The Bertz CT molecular complexity index is 1510. The topological polar surface area (TPSA) is 66.8 Å². The zero-order chi connectivity index (χ0) is 27.0. The van der Waals surface area contributed by atoms with Gasteiger partial charge in [0.2, 0.25) is 0 Å². The predicted octanol–water partition coefficient (Wildman–Crippen LogP) is 7.50. The van der Waals surface area contributed by atoms with Crippen molar-refractivity contribution < 1.29 is 19.4 Å². The van der Waals surface area contributed by atoms with Gasteiger partial charge < -0.3 is 14.7 Å². The minimum atomic E-state index is -1.15. The fraction of sp³-hybridized carbons (Fsp3) is 0.250. The highest BCUT2D eigenvalue weighted by Gasteiger charge is 2.39. The van der Waals surface area contributed by atoms with Gasteiger partial charge in [-0.1, -0.05) is 99.1 Å². The van der Waals surface area contributed by atoms with Crippen molar-refractivity contribution in [2.75, 3.05) is 11.4 Å². The first-order valence-corrected chi connectivity index (χ1v) is 13.1. The summed E-state index contributed by atoms with van der Waals surface area (Å²) in [5.74, 6) is -1.45. The molecular formula is C32H30ClNO4. The van der Waals surface area contributed by atoms with E-state index in [1.54, 1.807) is 11.0 Å². The first-order valence-electron chi connectivity index (χ1n) is 12.7. The van der Waals surface area contributed by atoms with E-state index in [0.29, 0.717) is 17.3 Å². The summed E-state index contributed by atoms with van der Waals surface area (Å²) in [5, 5.41) is 12.2. The second kappa shape index (κ2) is 10.2. The summed E-state index contributed by atoms with van der Waals surface area (Å²) < 4.78 is 6.47. The van der Waals surface area contributed by atoms with Gasteiger partial charge in [0.05, 0.1) is 6.42 Å². The normalized spacial score (nSPS) is 17.8. The van der Waals surface area contributed by atoms with Gasteiger partial charge in [-0.3, -0.25) is 9.59 Å². The summed E-state index contributed by atoms with van der Waals surface area (Å²) in [7, 11) is 0. The van der Waals surface area contributed by atoms with E-state index in [4.69, 9.17) is 16.3 Å². The smallest absolute Gasteiger partial charge is 0.306 e. The van der Waals surface area contributed by atoms with E-state index in [2.05, 4.69) is 24.3 Å². The molecule has 1 aliphatic rings. The van der Waals surface area contributed by atoms with Crippen LogP contribution in [0.5, 0.6) is 0 Å².